The fourth-order valence-electron chi connectivity index (χ4n) is 4.18. The van der Waals surface area contributed by atoms with Crippen LogP contribution in [0.5, 0.6) is 0 Å². The number of amides is 1. The highest BCUT2D eigenvalue weighted by Gasteiger charge is 2.18. The highest BCUT2D eigenvalue weighted by Crippen LogP contribution is 2.22. The van der Waals surface area contributed by atoms with Crippen LogP contribution in [0.1, 0.15) is 58.8 Å². The number of carbonyl (C=O) groups excluding carboxylic acids is 1. The molecule has 0 unspecified atom stereocenters. The summed E-state index contributed by atoms with van der Waals surface area (Å²) in [5, 5.41) is 3.23. The Hall–Kier alpha value is -2.91. The second-order valence-corrected chi connectivity index (χ2v) is 8.12. The van der Waals surface area contributed by atoms with Gasteiger partial charge in [0.05, 0.1) is 6.04 Å². The van der Waals surface area contributed by atoms with E-state index in [1.54, 1.807) is 0 Å². The van der Waals surface area contributed by atoms with E-state index < -0.39 is 0 Å². The highest BCUT2D eigenvalue weighted by molar-refractivity contribution is 5.94. The van der Waals surface area contributed by atoms with Crippen LogP contribution in [0.25, 0.3) is 0 Å². The van der Waals surface area contributed by atoms with Crippen molar-refractivity contribution in [2.75, 3.05) is 13.1 Å². The van der Waals surface area contributed by atoms with Crippen LogP contribution in [0.4, 0.5) is 0 Å². The number of nitrogens with zero attached hydrogens (tertiary/aromatic N) is 1. The average molecular weight is 399 g/mol. The number of carbonyl (C=O) groups is 1. The molecule has 4 rings (SSSR count). The Morgan fingerprint density at radius 2 is 1.27 bits per heavy atom. The van der Waals surface area contributed by atoms with Crippen LogP contribution in [0, 0.1) is 0 Å². The lowest BCUT2D eigenvalue weighted by molar-refractivity contribution is 0.0943. The van der Waals surface area contributed by atoms with Crippen molar-refractivity contribution in [3.05, 3.63) is 107 Å². The summed E-state index contributed by atoms with van der Waals surface area (Å²) in [5.74, 6) is -0.0472. The SMILES string of the molecule is O=C(NC(c1ccccc1)c1ccccc1)c1ccc(CN2CCCCCC2)cc1. The number of benzene rings is 3. The molecule has 1 heterocycles. The molecule has 3 aromatic carbocycles. The molecule has 3 aromatic rings. The first-order valence-corrected chi connectivity index (χ1v) is 11.0. The summed E-state index contributed by atoms with van der Waals surface area (Å²) in [6.07, 6.45) is 5.28. The third-order valence-electron chi connectivity index (χ3n) is 5.86. The van der Waals surface area contributed by atoms with Crippen LogP contribution in [0.15, 0.2) is 84.9 Å². The lowest BCUT2D eigenvalue weighted by atomic mass is 9.98. The fraction of sp³-hybridized carbons (Fsp3) is 0.296. The highest BCUT2D eigenvalue weighted by atomic mass is 16.1. The minimum absolute atomic E-state index is 0.0472. The van der Waals surface area contributed by atoms with Crippen LogP contribution in [-0.4, -0.2) is 23.9 Å². The van der Waals surface area contributed by atoms with Crippen molar-refractivity contribution in [3.63, 3.8) is 0 Å². The van der Waals surface area contributed by atoms with E-state index in [-0.39, 0.29) is 11.9 Å². The standard InChI is InChI=1S/C27H30N2O/c30-27(25-17-15-22(16-18-25)21-29-19-9-1-2-10-20-29)28-26(23-11-5-3-6-12-23)24-13-7-4-8-14-24/h3-8,11-18,26H,1-2,9-10,19-21H2,(H,28,30). The Kier molecular flexibility index (Phi) is 6.94. The maximum absolute atomic E-state index is 13.0. The summed E-state index contributed by atoms with van der Waals surface area (Å²) >= 11 is 0. The van der Waals surface area contributed by atoms with Crippen LogP contribution in [-0.2, 0) is 6.54 Å². The molecule has 1 N–H and O–H groups in total. The van der Waals surface area contributed by atoms with Gasteiger partial charge in [0, 0.05) is 12.1 Å². The molecule has 1 aliphatic heterocycles. The Labute approximate surface area is 179 Å². The smallest absolute Gasteiger partial charge is 0.252 e. The van der Waals surface area contributed by atoms with Crippen LogP contribution in [0.3, 0.4) is 0 Å². The normalized spacial score (nSPS) is 15.0. The van der Waals surface area contributed by atoms with E-state index >= 15 is 0 Å². The first kappa shape index (κ1) is 20.4. The molecule has 0 atom stereocenters. The molecule has 3 heteroatoms. The zero-order valence-corrected chi connectivity index (χ0v) is 17.5. The fourth-order valence-corrected chi connectivity index (χ4v) is 4.18. The predicted molar refractivity (Wildman–Crippen MR) is 122 cm³/mol. The largest absolute Gasteiger partial charge is 0.341 e. The number of rotatable bonds is 6. The molecule has 1 aliphatic rings. The van der Waals surface area contributed by atoms with E-state index in [1.807, 2.05) is 48.5 Å². The van der Waals surface area contributed by atoms with Gasteiger partial charge in [-0.2, -0.15) is 0 Å². The van der Waals surface area contributed by atoms with E-state index in [0.29, 0.717) is 5.56 Å². The van der Waals surface area contributed by atoms with E-state index in [2.05, 4.69) is 46.6 Å². The summed E-state index contributed by atoms with van der Waals surface area (Å²) in [6.45, 7) is 3.33. The zero-order chi connectivity index (χ0) is 20.6. The van der Waals surface area contributed by atoms with E-state index in [9.17, 15) is 4.79 Å². The minimum Gasteiger partial charge on any atom is -0.341 e. The second-order valence-electron chi connectivity index (χ2n) is 8.12. The van der Waals surface area contributed by atoms with Gasteiger partial charge in [0.1, 0.15) is 0 Å². The summed E-state index contributed by atoms with van der Waals surface area (Å²) in [6, 6.07) is 28.2. The minimum atomic E-state index is -0.170. The summed E-state index contributed by atoms with van der Waals surface area (Å²) in [7, 11) is 0. The third-order valence-corrected chi connectivity index (χ3v) is 5.86. The van der Waals surface area contributed by atoms with Gasteiger partial charge in [0.2, 0.25) is 0 Å². The molecule has 0 radical (unpaired) electrons. The molecule has 0 aliphatic carbocycles. The molecule has 0 saturated carbocycles. The van der Waals surface area contributed by atoms with Gasteiger partial charge in [-0.05, 0) is 54.8 Å². The number of nitrogens with one attached hydrogen (secondary N) is 1. The van der Waals surface area contributed by atoms with Crippen LogP contribution >= 0.6 is 0 Å². The molecule has 0 spiro atoms. The topological polar surface area (TPSA) is 32.3 Å². The molecule has 1 saturated heterocycles. The van der Waals surface area contributed by atoms with Crippen LogP contribution < -0.4 is 5.32 Å². The third kappa shape index (κ3) is 5.37. The summed E-state index contributed by atoms with van der Waals surface area (Å²) in [4.78, 5) is 15.6. The Balaban J connectivity index is 1.46. The maximum atomic E-state index is 13.0. The molecule has 0 aromatic heterocycles. The molecule has 30 heavy (non-hydrogen) atoms. The average Bonchev–Trinajstić information content (AvgIpc) is 3.08. The van der Waals surface area contributed by atoms with Crippen molar-refractivity contribution in [2.45, 2.75) is 38.3 Å². The maximum Gasteiger partial charge on any atom is 0.252 e. The molecule has 0 bridgehead atoms. The van der Waals surface area contributed by atoms with Gasteiger partial charge in [-0.1, -0.05) is 85.6 Å². The van der Waals surface area contributed by atoms with Crippen molar-refractivity contribution in [1.29, 1.82) is 0 Å². The number of hydrogen-bond acceptors (Lipinski definition) is 2. The number of likely N-dealkylation sites (tertiary alicyclic amines) is 1. The molecular weight excluding hydrogens is 368 g/mol. The first-order chi connectivity index (χ1) is 14.8. The van der Waals surface area contributed by atoms with Crippen molar-refractivity contribution < 1.29 is 4.79 Å². The number of hydrogen-bond donors (Lipinski definition) is 1. The van der Waals surface area contributed by atoms with Gasteiger partial charge in [-0.25, -0.2) is 0 Å². The molecule has 3 nitrogen and oxygen atoms in total. The van der Waals surface area contributed by atoms with Crippen LogP contribution in [0.2, 0.25) is 0 Å². The quantitative estimate of drug-likeness (QED) is 0.588. The van der Waals surface area contributed by atoms with Gasteiger partial charge in [0.15, 0.2) is 0 Å². The summed E-state index contributed by atoms with van der Waals surface area (Å²) in [5.41, 5.74) is 4.13. The molecular formula is C27H30N2O. The van der Waals surface area contributed by atoms with Crippen molar-refractivity contribution in [1.82, 2.24) is 10.2 Å². The monoisotopic (exact) mass is 398 g/mol. The Morgan fingerprint density at radius 1 is 0.733 bits per heavy atom. The van der Waals surface area contributed by atoms with Gasteiger partial charge >= 0.3 is 0 Å². The van der Waals surface area contributed by atoms with Crippen molar-refractivity contribution >= 4 is 5.91 Å². The Morgan fingerprint density at radius 3 is 1.80 bits per heavy atom. The molecule has 154 valence electrons. The Bertz CT molecular complexity index is 875. The van der Waals surface area contributed by atoms with Crippen molar-refractivity contribution in [3.8, 4) is 0 Å². The van der Waals surface area contributed by atoms with Gasteiger partial charge < -0.3 is 5.32 Å². The summed E-state index contributed by atoms with van der Waals surface area (Å²) < 4.78 is 0. The van der Waals surface area contributed by atoms with E-state index in [0.717, 1.165) is 17.7 Å². The molecule has 1 fully saturated rings. The van der Waals surface area contributed by atoms with Gasteiger partial charge in [0.25, 0.3) is 5.91 Å². The first-order valence-electron chi connectivity index (χ1n) is 11.0. The predicted octanol–water partition coefficient (Wildman–Crippen LogP) is 5.58. The lowest BCUT2D eigenvalue weighted by Crippen LogP contribution is -2.29. The van der Waals surface area contributed by atoms with Gasteiger partial charge in [-0.15, -0.1) is 0 Å². The van der Waals surface area contributed by atoms with E-state index in [1.165, 1.54) is 44.3 Å². The van der Waals surface area contributed by atoms with E-state index in [4.69, 9.17) is 0 Å². The zero-order valence-electron chi connectivity index (χ0n) is 17.5. The lowest BCUT2D eigenvalue weighted by Gasteiger charge is -2.21. The van der Waals surface area contributed by atoms with Gasteiger partial charge in [-0.3, -0.25) is 9.69 Å². The molecule has 1 amide bonds. The van der Waals surface area contributed by atoms with Crippen molar-refractivity contribution in [2.24, 2.45) is 0 Å². The second kappa shape index (κ2) is 10.2.